The molecule has 0 amide bonds. The molecule has 0 saturated carbocycles. The number of aryl methyl sites for hydroxylation is 1. The fourth-order valence-corrected chi connectivity index (χ4v) is 1.34. The SMILES string of the molecule is COCc1noc2ccc(C)cc12. The summed E-state index contributed by atoms with van der Waals surface area (Å²) in [7, 11) is 1.65. The van der Waals surface area contributed by atoms with Gasteiger partial charge in [-0.05, 0) is 19.1 Å². The number of methoxy groups -OCH3 is 1. The molecule has 1 aromatic carbocycles. The zero-order valence-electron chi connectivity index (χ0n) is 7.70. The summed E-state index contributed by atoms with van der Waals surface area (Å²) in [6.07, 6.45) is 0. The van der Waals surface area contributed by atoms with Crippen LogP contribution in [0.15, 0.2) is 22.7 Å². The second-order valence-corrected chi connectivity index (χ2v) is 3.06. The topological polar surface area (TPSA) is 35.3 Å². The zero-order valence-corrected chi connectivity index (χ0v) is 7.70. The van der Waals surface area contributed by atoms with Crippen molar-refractivity contribution in [2.75, 3.05) is 7.11 Å². The predicted octanol–water partition coefficient (Wildman–Crippen LogP) is 2.28. The van der Waals surface area contributed by atoms with E-state index in [1.54, 1.807) is 7.11 Å². The molecular formula is C10H11NO2. The van der Waals surface area contributed by atoms with Crippen molar-refractivity contribution in [3.8, 4) is 0 Å². The Balaban J connectivity index is 2.58. The van der Waals surface area contributed by atoms with E-state index in [1.807, 2.05) is 19.1 Å². The van der Waals surface area contributed by atoms with Gasteiger partial charge < -0.3 is 9.26 Å². The molecule has 0 aliphatic heterocycles. The van der Waals surface area contributed by atoms with Crippen LogP contribution in [0.4, 0.5) is 0 Å². The highest BCUT2D eigenvalue weighted by molar-refractivity contribution is 5.79. The average molecular weight is 177 g/mol. The van der Waals surface area contributed by atoms with Gasteiger partial charge in [0.15, 0.2) is 5.58 Å². The number of hydrogen-bond donors (Lipinski definition) is 0. The van der Waals surface area contributed by atoms with Crippen molar-refractivity contribution in [1.82, 2.24) is 5.16 Å². The highest BCUT2D eigenvalue weighted by Crippen LogP contribution is 2.19. The van der Waals surface area contributed by atoms with Gasteiger partial charge in [0.2, 0.25) is 0 Å². The highest BCUT2D eigenvalue weighted by atomic mass is 16.5. The lowest BCUT2D eigenvalue weighted by Gasteiger charge is -1.94. The summed E-state index contributed by atoms with van der Waals surface area (Å²) >= 11 is 0. The van der Waals surface area contributed by atoms with Crippen molar-refractivity contribution in [3.63, 3.8) is 0 Å². The van der Waals surface area contributed by atoms with E-state index >= 15 is 0 Å². The lowest BCUT2D eigenvalue weighted by Crippen LogP contribution is -1.87. The summed E-state index contributed by atoms with van der Waals surface area (Å²) in [5.41, 5.74) is 2.88. The fourth-order valence-electron chi connectivity index (χ4n) is 1.34. The van der Waals surface area contributed by atoms with Crippen LogP contribution in [0.2, 0.25) is 0 Å². The Kier molecular flexibility index (Phi) is 2.02. The van der Waals surface area contributed by atoms with E-state index in [-0.39, 0.29) is 0 Å². The van der Waals surface area contributed by atoms with E-state index in [2.05, 4.69) is 11.2 Å². The minimum Gasteiger partial charge on any atom is -0.378 e. The second kappa shape index (κ2) is 3.18. The number of aromatic nitrogens is 1. The van der Waals surface area contributed by atoms with Crippen molar-refractivity contribution in [2.24, 2.45) is 0 Å². The Hall–Kier alpha value is -1.35. The highest BCUT2D eigenvalue weighted by Gasteiger charge is 2.06. The molecule has 3 heteroatoms. The first-order chi connectivity index (χ1) is 6.31. The maximum Gasteiger partial charge on any atom is 0.167 e. The van der Waals surface area contributed by atoms with Crippen LogP contribution in [0.5, 0.6) is 0 Å². The van der Waals surface area contributed by atoms with Gasteiger partial charge in [0.25, 0.3) is 0 Å². The van der Waals surface area contributed by atoms with Crippen LogP contribution in [0.1, 0.15) is 11.3 Å². The third-order valence-corrected chi connectivity index (χ3v) is 1.98. The Labute approximate surface area is 76.3 Å². The molecule has 0 aliphatic carbocycles. The summed E-state index contributed by atoms with van der Waals surface area (Å²) in [5.74, 6) is 0. The molecule has 0 radical (unpaired) electrons. The standard InChI is InChI=1S/C10H11NO2/c1-7-3-4-10-8(5-7)9(6-12-2)11-13-10/h3-5H,6H2,1-2H3. The Morgan fingerprint density at radius 3 is 3.08 bits per heavy atom. The molecule has 1 aromatic heterocycles. The maximum absolute atomic E-state index is 5.13. The number of ether oxygens (including phenoxy) is 1. The van der Waals surface area contributed by atoms with Crippen LogP contribution in [-0.2, 0) is 11.3 Å². The van der Waals surface area contributed by atoms with E-state index in [4.69, 9.17) is 9.26 Å². The van der Waals surface area contributed by atoms with Gasteiger partial charge in [0, 0.05) is 12.5 Å². The Bertz CT molecular complexity index is 420. The van der Waals surface area contributed by atoms with Crippen LogP contribution in [0.25, 0.3) is 11.0 Å². The lowest BCUT2D eigenvalue weighted by atomic mass is 10.1. The number of rotatable bonds is 2. The first-order valence-corrected chi connectivity index (χ1v) is 4.15. The predicted molar refractivity (Wildman–Crippen MR) is 49.5 cm³/mol. The molecule has 68 valence electrons. The second-order valence-electron chi connectivity index (χ2n) is 3.06. The third kappa shape index (κ3) is 1.42. The number of benzene rings is 1. The molecule has 0 atom stereocenters. The molecule has 2 rings (SSSR count). The normalized spacial score (nSPS) is 10.9. The van der Waals surface area contributed by atoms with Gasteiger partial charge in [0.1, 0.15) is 5.69 Å². The van der Waals surface area contributed by atoms with E-state index in [0.29, 0.717) is 6.61 Å². The number of fused-ring (bicyclic) bond motifs is 1. The summed E-state index contributed by atoms with van der Waals surface area (Å²) < 4.78 is 10.1. The van der Waals surface area contributed by atoms with Gasteiger partial charge in [-0.3, -0.25) is 0 Å². The Morgan fingerprint density at radius 2 is 2.31 bits per heavy atom. The smallest absolute Gasteiger partial charge is 0.167 e. The summed E-state index contributed by atoms with van der Waals surface area (Å²) in [6.45, 7) is 2.54. The number of nitrogens with zero attached hydrogens (tertiary/aromatic N) is 1. The molecule has 3 nitrogen and oxygen atoms in total. The van der Waals surface area contributed by atoms with Gasteiger partial charge in [0.05, 0.1) is 6.61 Å². The van der Waals surface area contributed by atoms with E-state index < -0.39 is 0 Å². The maximum atomic E-state index is 5.13. The van der Waals surface area contributed by atoms with Gasteiger partial charge in [-0.15, -0.1) is 0 Å². The molecule has 0 fully saturated rings. The summed E-state index contributed by atoms with van der Waals surface area (Å²) in [4.78, 5) is 0. The van der Waals surface area contributed by atoms with Gasteiger partial charge in [-0.25, -0.2) is 0 Å². The molecule has 0 spiro atoms. The first kappa shape index (κ1) is 8.26. The summed E-state index contributed by atoms with van der Waals surface area (Å²) in [6, 6.07) is 5.99. The van der Waals surface area contributed by atoms with E-state index in [9.17, 15) is 0 Å². The molecule has 13 heavy (non-hydrogen) atoms. The minimum atomic E-state index is 0.496. The van der Waals surface area contributed by atoms with Crippen LogP contribution in [0.3, 0.4) is 0 Å². The van der Waals surface area contributed by atoms with Crippen LogP contribution < -0.4 is 0 Å². The zero-order chi connectivity index (χ0) is 9.26. The lowest BCUT2D eigenvalue weighted by molar-refractivity contribution is 0.178. The van der Waals surface area contributed by atoms with E-state index in [1.165, 1.54) is 5.56 Å². The van der Waals surface area contributed by atoms with Gasteiger partial charge in [-0.2, -0.15) is 0 Å². The number of hydrogen-bond acceptors (Lipinski definition) is 3. The van der Waals surface area contributed by atoms with Crippen molar-refractivity contribution < 1.29 is 9.26 Å². The monoisotopic (exact) mass is 177 g/mol. The molecule has 1 heterocycles. The summed E-state index contributed by atoms with van der Waals surface area (Å²) in [5, 5.41) is 4.97. The molecule has 2 aromatic rings. The van der Waals surface area contributed by atoms with Crippen LogP contribution in [-0.4, -0.2) is 12.3 Å². The van der Waals surface area contributed by atoms with Gasteiger partial charge in [-0.1, -0.05) is 16.8 Å². The minimum absolute atomic E-state index is 0.496. The average Bonchev–Trinajstić information content (AvgIpc) is 2.49. The molecule has 0 saturated heterocycles. The third-order valence-electron chi connectivity index (χ3n) is 1.98. The van der Waals surface area contributed by atoms with E-state index in [0.717, 1.165) is 16.7 Å². The Morgan fingerprint density at radius 1 is 1.46 bits per heavy atom. The molecule has 0 unspecified atom stereocenters. The van der Waals surface area contributed by atoms with Gasteiger partial charge >= 0.3 is 0 Å². The molecule has 0 aliphatic rings. The van der Waals surface area contributed by atoms with Crippen molar-refractivity contribution >= 4 is 11.0 Å². The first-order valence-electron chi connectivity index (χ1n) is 4.15. The van der Waals surface area contributed by atoms with Crippen molar-refractivity contribution in [1.29, 1.82) is 0 Å². The molecule has 0 N–H and O–H groups in total. The fraction of sp³-hybridized carbons (Fsp3) is 0.300. The molecule has 0 bridgehead atoms. The van der Waals surface area contributed by atoms with Crippen molar-refractivity contribution in [2.45, 2.75) is 13.5 Å². The quantitative estimate of drug-likeness (QED) is 0.705. The molecular weight excluding hydrogens is 166 g/mol. The largest absolute Gasteiger partial charge is 0.378 e. The van der Waals surface area contributed by atoms with Crippen molar-refractivity contribution in [3.05, 3.63) is 29.5 Å². The van der Waals surface area contributed by atoms with Crippen LogP contribution >= 0.6 is 0 Å². The van der Waals surface area contributed by atoms with Crippen LogP contribution in [0, 0.1) is 6.92 Å².